The van der Waals surface area contributed by atoms with Gasteiger partial charge in [0.1, 0.15) is 11.3 Å². The average molecular weight is 398 g/mol. The van der Waals surface area contributed by atoms with E-state index in [1.165, 1.54) is 14.2 Å². The highest BCUT2D eigenvalue weighted by Gasteiger charge is 2.69. The molecule has 0 saturated carbocycles. The topological polar surface area (TPSA) is 65.1 Å². The Morgan fingerprint density at radius 3 is 2.42 bits per heavy atom. The SMILES string of the molecule is COC(=O)C1=C(C(=O)OC)C2(N3CCCC3)c3cc(Cl)cc(Cl)c3OC12. The number of benzene rings is 1. The Kier molecular flexibility index (Phi) is 4.17. The molecular weight excluding hydrogens is 381 g/mol. The third kappa shape index (κ3) is 2.09. The van der Waals surface area contributed by atoms with Crippen molar-refractivity contribution < 1.29 is 23.8 Å². The fourth-order valence-electron chi connectivity index (χ4n) is 4.35. The molecule has 2 unspecified atom stereocenters. The molecule has 2 heterocycles. The lowest BCUT2D eigenvalue weighted by molar-refractivity contribution is -0.146. The van der Waals surface area contributed by atoms with Crippen molar-refractivity contribution in [3.8, 4) is 5.75 Å². The zero-order valence-corrected chi connectivity index (χ0v) is 15.8. The second-order valence-corrected chi connectivity index (χ2v) is 7.34. The molecule has 1 fully saturated rings. The molecule has 26 heavy (non-hydrogen) atoms. The molecule has 0 aromatic heterocycles. The largest absolute Gasteiger partial charge is 0.481 e. The summed E-state index contributed by atoms with van der Waals surface area (Å²) >= 11 is 12.6. The first kappa shape index (κ1) is 17.6. The summed E-state index contributed by atoms with van der Waals surface area (Å²) in [5.74, 6) is -0.755. The predicted molar refractivity (Wildman–Crippen MR) is 94.4 cm³/mol. The number of hydrogen-bond acceptors (Lipinski definition) is 6. The fourth-order valence-corrected chi connectivity index (χ4v) is 4.89. The second kappa shape index (κ2) is 6.15. The highest BCUT2D eigenvalue weighted by molar-refractivity contribution is 6.36. The minimum atomic E-state index is -0.934. The van der Waals surface area contributed by atoms with Crippen molar-refractivity contribution in [3.05, 3.63) is 38.9 Å². The molecule has 1 saturated heterocycles. The summed E-state index contributed by atoms with van der Waals surface area (Å²) in [5.41, 5.74) is 0.178. The molecule has 138 valence electrons. The van der Waals surface area contributed by atoms with Crippen molar-refractivity contribution >= 4 is 35.1 Å². The van der Waals surface area contributed by atoms with Crippen LogP contribution >= 0.6 is 23.2 Å². The van der Waals surface area contributed by atoms with E-state index < -0.39 is 23.6 Å². The number of rotatable bonds is 3. The van der Waals surface area contributed by atoms with Crippen LogP contribution < -0.4 is 4.74 Å². The van der Waals surface area contributed by atoms with Gasteiger partial charge in [0.15, 0.2) is 6.10 Å². The van der Waals surface area contributed by atoms with Crippen LogP contribution in [-0.2, 0) is 24.6 Å². The Morgan fingerprint density at radius 2 is 1.81 bits per heavy atom. The summed E-state index contributed by atoms with van der Waals surface area (Å²) in [4.78, 5) is 27.2. The molecule has 8 heteroatoms. The Hall–Kier alpha value is -1.76. The quantitative estimate of drug-likeness (QED) is 0.730. The van der Waals surface area contributed by atoms with E-state index in [4.69, 9.17) is 37.4 Å². The van der Waals surface area contributed by atoms with E-state index >= 15 is 0 Å². The van der Waals surface area contributed by atoms with Gasteiger partial charge in [-0.25, -0.2) is 9.59 Å². The van der Waals surface area contributed by atoms with Crippen molar-refractivity contribution in [3.63, 3.8) is 0 Å². The number of esters is 2. The summed E-state index contributed by atoms with van der Waals surface area (Å²) < 4.78 is 15.9. The average Bonchev–Trinajstić information content (AvgIpc) is 3.21. The summed E-state index contributed by atoms with van der Waals surface area (Å²) in [5, 5.41) is 0.779. The molecule has 0 bridgehead atoms. The third-order valence-electron chi connectivity index (χ3n) is 5.35. The molecule has 0 N–H and O–H groups in total. The van der Waals surface area contributed by atoms with Crippen LogP contribution in [0.25, 0.3) is 0 Å². The van der Waals surface area contributed by atoms with Crippen LogP contribution in [0.15, 0.2) is 23.3 Å². The van der Waals surface area contributed by atoms with Crippen molar-refractivity contribution in [1.82, 2.24) is 4.90 Å². The first-order chi connectivity index (χ1) is 12.5. The Bertz CT molecular complexity index is 846. The fraction of sp³-hybridized carbons (Fsp3) is 0.444. The number of halogens is 2. The van der Waals surface area contributed by atoms with Gasteiger partial charge in [0.25, 0.3) is 0 Å². The number of ether oxygens (including phenoxy) is 3. The molecule has 0 amide bonds. The van der Waals surface area contributed by atoms with E-state index in [-0.39, 0.29) is 11.1 Å². The number of likely N-dealkylation sites (tertiary alicyclic amines) is 1. The van der Waals surface area contributed by atoms with Crippen LogP contribution in [0.5, 0.6) is 5.75 Å². The molecule has 4 rings (SSSR count). The normalized spacial score (nSPS) is 26.7. The molecule has 2 aliphatic heterocycles. The smallest absolute Gasteiger partial charge is 0.338 e. The number of fused-ring (bicyclic) bond motifs is 3. The lowest BCUT2D eigenvalue weighted by Crippen LogP contribution is -2.63. The molecular formula is C18H17Cl2NO5. The zero-order valence-electron chi connectivity index (χ0n) is 14.3. The Morgan fingerprint density at radius 1 is 1.15 bits per heavy atom. The summed E-state index contributed by atoms with van der Waals surface area (Å²) in [6.45, 7) is 1.52. The standard InChI is InChI=1S/C18H17Cl2NO5/c1-24-16(22)12-13(17(23)25-2)18(21-5-3-4-6-21)10-7-9(19)8-11(20)14(10)26-15(12)18/h7-8,15H,3-6H2,1-2H3. The van der Waals surface area contributed by atoms with Crippen molar-refractivity contribution in [1.29, 1.82) is 0 Å². The van der Waals surface area contributed by atoms with Crippen LogP contribution in [0.3, 0.4) is 0 Å². The minimum Gasteiger partial charge on any atom is -0.481 e. The van der Waals surface area contributed by atoms with E-state index in [9.17, 15) is 9.59 Å². The van der Waals surface area contributed by atoms with Gasteiger partial charge in [-0.1, -0.05) is 23.2 Å². The maximum absolute atomic E-state index is 12.7. The van der Waals surface area contributed by atoms with E-state index in [0.717, 1.165) is 25.9 Å². The van der Waals surface area contributed by atoms with Gasteiger partial charge < -0.3 is 14.2 Å². The van der Waals surface area contributed by atoms with Gasteiger partial charge in [-0.2, -0.15) is 0 Å². The minimum absolute atomic E-state index is 0.176. The lowest BCUT2D eigenvalue weighted by atomic mass is 9.64. The van der Waals surface area contributed by atoms with Crippen LogP contribution in [0.1, 0.15) is 18.4 Å². The summed E-state index contributed by atoms with van der Waals surface area (Å²) in [6, 6.07) is 3.33. The Balaban J connectivity index is 2.00. The van der Waals surface area contributed by atoms with Crippen LogP contribution in [-0.4, -0.2) is 50.3 Å². The van der Waals surface area contributed by atoms with Crippen molar-refractivity contribution in [2.24, 2.45) is 0 Å². The first-order valence-electron chi connectivity index (χ1n) is 8.29. The van der Waals surface area contributed by atoms with Gasteiger partial charge in [0, 0.05) is 10.6 Å². The lowest BCUT2D eigenvalue weighted by Gasteiger charge is -2.50. The van der Waals surface area contributed by atoms with E-state index in [0.29, 0.717) is 21.4 Å². The molecule has 1 aliphatic carbocycles. The zero-order chi connectivity index (χ0) is 18.6. The number of carbonyl (C=O) groups excluding carboxylic acids is 2. The molecule has 1 aromatic carbocycles. The third-order valence-corrected chi connectivity index (χ3v) is 5.85. The van der Waals surface area contributed by atoms with Gasteiger partial charge in [-0.05, 0) is 38.1 Å². The number of hydrogen-bond donors (Lipinski definition) is 0. The van der Waals surface area contributed by atoms with Gasteiger partial charge >= 0.3 is 11.9 Å². The molecule has 6 nitrogen and oxygen atoms in total. The van der Waals surface area contributed by atoms with Gasteiger partial charge in [0.2, 0.25) is 0 Å². The van der Waals surface area contributed by atoms with Crippen molar-refractivity contribution in [2.45, 2.75) is 24.5 Å². The highest BCUT2D eigenvalue weighted by Crippen LogP contribution is 2.62. The highest BCUT2D eigenvalue weighted by atomic mass is 35.5. The Labute approximate surface area is 160 Å². The summed E-state index contributed by atoms with van der Waals surface area (Å²) in [7, 11) is 2.56. The van der Waals surface area contributed by atoms with Crippen LogP contribution in [0.2, 0.25) is 10.0 Å². The van der Waals surface area contributed by atoms with Gasteiger partial charge in [-0.3, -0.25) is 4.90 Å². The molecule has 2 atom stereocenters. The van der Waals surface area contributed by atoms with E-state index in [2.05, 4.69) is 4.90 Å². The first-order valence-corrected chi connectivity index (χ1v) is 9.04. The number of carbonyl (C=O) groups is 2. The summed E-state index contributed by atoms with van der Waals surface area (Å²) in [6.07, 6.45) is 1.29. The van der Waals surface area contributed by atoms with Crippen molar-refractivity contribution in [2.75, 3.05) is 27.3 Å². The molecule has 3 aliphatic rings. The molecule has 1 aromatic rings. The van der Waals surface area contributed by atoms with E-state index in [1.54, 1.807) is 12.1 Å². The molecule has 0 spiro atoms. The monoisotopic (exact) mass is 397 g/mol. The molecule has 0 radical (unpaired) electrons. The maximum atomic E-state index is 12.7. The predicted octanol–water partition coefficient (Wildman–Crippen LogP) is 2.70. The number of nitrogens with zero attached hydrogens (tertiary/aromatic N) is 1. The van der Waals surface area contributed by atoms with Gasteiger partial charge in [-0.15, -0.1) is 0 Å². The van der Waals surface area contributed by atoms with E-state index in [1.807, 2.05) is 0 Å². The van der Waals surface area contributed by atoms with Gasteiger partial charge in [0.05, 0.1) is 30.4 Å². The second-order valence-electron chi connectivity index (χ2n) is 6.49. The maximum Gasteiger partial charge on any atom is 0.338 e. The number of methoxy groups -OCH3 is 2. The van der Waals surface area contributed by atoms with Crippen LogP contribution in [0, 0.1) is 0 Å². The van der Waals surface area contributed by atoms with Crippen LogP contribution in [0.4, 0.5) is 0 Å².